The van der Waals surface area contributed by atoms with Gasteiger partial charge in [-0.25, -0.2) is 0 Å². The highest BCUT2D eigenvalue weighted by molar-refractivity contribution is 5.82. The molecule has 0 aliphatic carbocycles. The second-order valence-corrected chi connectivity index (χ2v) is 7.80. The predicted octanol–water partition coefficient (Wildman–Crippen LogP) is 3.21. The quantitative estimate of drug-likeness (QED) is 0.316. The third-order valence-corrected chi connectivity index (χ3v) is 5.28. The maximum absolute atomic E-state index is 12.8. The molecule has 4 N–H and O–H groups in total. The van der Waals surface area contributed by atoms with Crippen molar-refractivity contribution in [3.63, 3.8) is 0 Å². The molecule has 1 amide bonds. The topological polar surface area (TPSA) is 116 Å². The maximum Gasteiger partial charge on any atom is 0.312 e. The fourth-order valence-corrected chi connectivity index (χ4v) is 3.49. The summed E-state index contributed by atoms with van der Waals surface area (Å²) in [6.07, 6.45) is 3.68. The van der Waals surface area contributed by atoms with Gasteiger partial charge in [0.1, 0.15) is 0 Å². The largest absolute Gasteiger partial charge is 0.481 e. The number of nitrogens with one attached hydrogen (secondary N) is 2. The number of benzene rings is 2. The molecule has 0 spiro atoms. The predicted molar refractivity (Wildman–Crippen MR) is 122 cm³/mol. The first-order valence-corrected chi connectivity index (χ1v) is 11.0. The number of amides is 1. The Hall–Kier alpha value is -3.19. The minimum Gasteiger partial charge on any atom is -0.481 e. The fraction of sp³-hybridized carbons (Fsp3) is 0.400. The first-order valence-electron chi connectivity index (χ1n) is 11.0. The molecule has 0 aliphatic rings. The molecule has 7 heteroatoms. The van der Waals surface area contributed by atoms with E-state index in [1.807, 2.05) is 36.4 Å². The molecule has 0 unspecified atom stereocenters. The molecule has 0 heterocycles. The van der Waals surface area contributed by atoms with Crippen LogP contribution in [0.1, 0.15) is 49.1 Å². The summed E-state index contributed by atoms with van der Waals surface area (Å²) in [6, 6.07) is 18.0. The van der Waals surface area contributed by atoms with E-state index in [-0.39, 0.29) is 18.9 Å². The van der Waals surface area contributed by atoms with Gasteiger partial charge in [-0.2, -0.15) is 0 Å². The number of carboxylic acid groups (broad SMARTS) is 2. The lowest BCUT2D eigenvalue weighted by Gasteiger charge is -2.21. The number of aliphatic carboxylic acids is 2. The third-order valence-electron chi connectivity index (χ3n) is 5.28. The lowest BCUT2D eigenvalue weighted by atomic mass is 9.98. The van der Waals surface area contributed by atoms with Crippen LogP contribution >= 0.6 is 0 Å². The van der Waals surface area contributed by atoms with Crippen LogP contribution < -0.4 is 10.6 Å². The van der Waals surface area contributed by atoms with E-state index in [2.05, 4.69) is 10.6 Å². The average molecular weight is 441 g/mol. The number of unbranched alkanes of at least 4 members (excludes halogenated alkanes) is 3. The van der Waals surface area contributed by atoms with Gasteiger partial charge >= 0.3 is 11.9 Å². The van der Waals surface area contributed by atoms with Crippen molar-refractivity contribution in [1.82, 2.24) is 10.6 Å². The summed E-state index contributed by atoms with van der Waals surface area (Å²) >= 11 is 0. The molecule has 0 aromatic heterocycles. The Morgan fingerprint density at radius 3 is 2.06 bits per heavy atom. The summed E-state index contributed by atoms with van der Waals surface area (Å²) in [5, 5.41) is 24.4. The van der Waals surface area contributed by atoms with Crippen molar-refractivity contribution in [3.8, 4) is 0 Å². The van der Waals surface area contributed by atoms with Crippen LogP contribution in [0.2, 0.25) is 0 Å². The van der Waals surface area contributed by atoms with Gasteiger partial charge in [0, 0.05) is 19.5 Å². The number of carboxylic acids is 2. The van der Waals surface area contributed by atoms with Crippen LogP contribution in [0, 0.1) is 0 Å². The number of rotatable bonds is 15. The summed E-state index contributed by atoms with van der Waals surface area (Å²) in [4.78, 5) is 35.2. The molecule has 32 heavy (non-hydrogen) atoms. The van der Waals surface area contributed by atoms with E-state index in [4.69, 9.17) is 5.11 Å². The Kier molecular flexibility index (Phi) is 11.0. The Morgan fingerprint density at radius 1 is 0.812 bits per heavy atom. The van der Waals surface area contributed by atoms with Gasteiger partial charge in [-0.3, -0.25) is 14.4 Å². The summed E-state index contributed by atoms with van der Waals surface area (Å²) in [5.74, 6) is -2.65. The Morgan fingerprint density at radius 2 is 1.44 bits per heavy atom. The molecule has 0 saturated heterocycles. The van der Waals surface area contributed by atoms with E-state index in [0.29, 0.717) is 24.9 Å². The van der Waals surface area contributed by atoms with Crippen molar-refractivity contribution in [2.24, 2.45) is 0 Å². The van der Waals surface area contributed by atoms with E-state index in [0.717, 1.165) is 24.8 Å². The zero-order chi connectivity index (χ0) is 23.2. The van der Waals surface area contributed by atoms with Crippen molar-refractivity contribution in [2.45, 2.75) is 50.5 Å². The SMILES string of the molecule is O=C(O)CCCCCCNC(=O)[C@H](Cc1ccccc1)NC[C@H](C(=O)O)c1ccccc1. The molecule has 2 aromatic carbocycles. The van der Waals surface area contributed by atoms with E-state index < -0.39 is 23.9 Å². The standard InChI is InChI=1S/C25H32N2O5/c28-23(29)15-9-1-2-10-16-26-24(30)22(17-19-11-5-3-6-12-19)27-18-21(25(31)32)20-13-7-4-8-14-20/h3-8,11-14,21-22,27H,1-2,9-10,15-18H2,(H,26,30)(H,28,29)(H,31,32)/t21-,22-/m0/s1. The number of hydrogen-bond donors (Lipinski definition) is 4. The summed E-state index contributed by atoms with van der Waals surface area (Å²) in [7, 11) is 0. The average Bonchev–Trinajstić information content (AvgIpc) is 2.78. The highest BCUT2D eigenvalue weighted by atomic mass is 16.4. The number of carbonyl (C=O) groups excluding carboxylic acids is 1. The smallest absolute Gasteiger partial charge is 0.312 e. The van der Waals surface area contributed by atoms with Crippen LogP contribution in [-0.2, 0) is 20.8 Å². The molecule has 0 saturated carbocycles. The van der Waals surface area contributed by atoms with Crippen LogP contribution in [0.3, 0.4) is 0 Å². The second kappa shape index (κ2) is 14.0. The van der Waals surface area contributed by atoms with Gasteiger partial charge in [0.05, 0.1) is 12.0 Å². The fourth-order valence-electron chi connectivity index (χ4n) is 3.49. The summed E-state index contributed by atoms with van der Waals surface area (Å²) < 4.78 is 0. The minimum atomic E-state index is -0.941. The van der Waals surface area contributed by atoms with Gasteiger partial charge in [0.25, 0.3) is 0 Å². The Balaban J connectivity index is 1.92. The van der Waals surface area contributed by atoms with Crippen LogP contribution in [0.25, 0.3) is 0 Å². The van der Waals surface area contributed by atoms with E-state index in [9.17, 15) is 19.5 Å². The first-order chi connectivity index (χ1) is 15.5. The van der Waals surface area contributed by atoms with Gasteiger partial charge in [-0.1, -0.05) is 73.5 Å². The minimum absolute atomic E-state index is 0.138. The van der Waals surface area contributed by atoms with Crippen molar-refractivity contribution < 1.29 is 24.6 Å². The molecule has 2 rings (SSSR count). The van der Waals surface area contributed by atoms with Crippen molar-refractivity contribution in [2.75, 3.05) is 13.1 Å². The van der Waals surface area contributed by atoms with Gasteiger partial charge in [0.15, 0.2) is 0 Å². The summed E-state index contributed by atoms with van der Waals surface area (Å²) in [6.45, 7) is 0.638. The van der Waals surface area contributed by atoms with Crippen molar-refractivity contribution >= 4 is 17.8 Å². The molecule has 0 fully saturated rings. The molecular formula is C25H32N2O5. The van der Waals surface area contributed by atoms with Gasteiger partial charge in [-0.05, 0) is 30.4 Å². The van der Waals surface area contributed by atoms with Crippen LogP contribution in [0.4, 0.5) is 0 Å². The lowest BCUT2D eigenvalue weighted by Crippen LogP contribution is -2.47. The maximum atomic E-state index is 12.8. The molecule has 0 bridgehead atoms. The van der Waals surface area contributed by atoms with Gasteiger partial charge in [0.2, 0.25) is 5.91 Å². The van der Waals surface area contributed by atoms with Crippen molar-refractivity contribution in [1.29, 1.82) is 0 Å². The van der Waals surface area contributed by atoms with Crippen molar-refractivity contribution in [3.05, 3.63) is 71.8 Å². The molecule has 2 aromatic rings. The molecule has 172 valence electrons. The summed E-state index contributed by atoms with van der Waals surface area (Å²) in [5.41, 5.74) is 1.67. The van der Waals surface area contributed by atoms with E-state index >= 15 is 0 Å². The van der Waals surface area contributed by atoms with E-state index in [1.165, 1.54) is 0 Å². The normalized spacial score (nSPS) is 12.6. The monoisotopic (exact) mass is 440 g/mol. The molecular weight excluding hydrogens is 408 g/mol. The lowest BCUT2D eigenvalue weighted by molar-refractivity contribution is -0.139. The van der Waals surface area contributed by atoms with Gasteiger partial charge < -0.3 is 20.8 Å². The van der Waals surface area contributed by atoms with Crippen LogP contribution in [0.5, 0.6) is 0 Å². The zero-order valence-electron chi connectivity index (χ0n) is 18.2. The Bertz CT molecular complexity index is 842. The van der Waals surface area contributed by atoms with Crippen LogP contribution in [-0.4, -0.2) is 47.2 Å². The molecule has 2 atom stereocenters. The molecule has 0 aliphatic heterocycles. The molecule has 7 nitrogen and oxygen atoms in total. The third kappa shape index (κ3) is 9.31. The first kappa shape index (κ1) is 25.1. The molecule has 0 radical (unpaired) electrons. The van der Waals surface area contributed by atoms with Crippen LogP contribution in [0.15, 0.2) is 60.7 Å². The van der Waals surface area contributed by atoms with Gasteiger partial charge in [-0.15, -0.1) is 0 Å². The highest BCUT2D eigenvalue weighted by Crippen LogP contribution is 2.15. The zero-order valence-corrected chi connectivity index (χ0v) is 18.2. The highest BCUT2D eigenvalue weighted by Gasteiger charge is 2.24. The Labute approximate surface area is 188 Å². The second-order valence-electron chi connectivity index (χ2n) is 7.80. The number of hydrogen-bond acceptors (Lipinski definition) is 4. The van der Waals surface area contributed by atoms with E-state index in [1.54, 1.807) is 24.3 Å². The number of carbonyl (C=O) groups is 3.